The van der Waals surface area contributed by atoms with Crippen LogP contribution in [0.1, 0.15) is 0 Å². The van der Waals surface area contributed by atoms with Crippen molar-refractivity contribution in [2.24, 2.45) is 0 Å². The third kappa shape index (κ3) is 8.63. The van der Waals surface area contributed by atoms with Crippen molar-refractivity contribution < 1.29 is 33.5 Å². The summed E-state index contributed by atoms with van der Waals surface area (Å²) in [5.74, 6) is 0. The third-order valence-electron chi connectivity index (χ3n) is 1.67. The normalized spacial score (nSPS) is 26.6. The van der Waals surface area contributed by atoms with Gasteiger partial charge in [-0.1, -0.05) is 0 Å². The molecule has 2 aliphatic rings. The van der Waals surface area contributed by atoms with Gasteiger partial charge in [0.2, 0.25) is 0 Å². The molecule has 116 valence electrons. The molecule has 23 heavy (non-hydrogen) atoms. The van der Waals surface area contributed by atoms with Crippen LogP contribution in [-0.4, -0.2) is 176 Å². The van der Waals surface area contributed by atoms with Gasteiger partial charge < -0.3 is 0 Å². The summed E-state index contributed by atoms with van der Waals surface area (Å²) in [4.78, 5) is 0. The van der Waals surface area contributed by atoms with Gasteiger partial charge in [-0.25, -0.2) is 0 Å². The van der Waals surface area contributed by atoms with E-state index in [1.165, 1.54) is 67.4 Å². The molecule has 1 spiro atoms. The Hall–Kier alpha value is 5.49. The number of hydrogen-bond donors (Lipinski definition) is 0. The van der Waals surface area contributed by atoms with Gasteiger partial charge in [-0.3, -0.25) is 0 Å². The van der Waals surface area contributed by atoms with Crippen LogP contribution in [0.3, 0.4) is 0 Å². The van der Waals surface area contributed by atoms with Crippen LogP contribution in [0, 0.1) is 0 Å². The molecule has 0 atom stereocenters. The molecule has 0 aromatic carbocycles. The summed E-state index contributed by atoms with van der Waals surface area (Å²) in [6.07, 6.45) is 0. The summed E-state index contributed by atoms with van der Waals surface area (Å²) in [5.41, 5.74) is 0. The molecule has 0 unspecified atom stereocenters. The van der Waals surface area contributed by atoms with E-state index in [1.54, 1.807) is 0 Å². The molecule has 0 aliphatic carbocycles. The van der Waals surface area contributed by atoms with Crippen molar-refractivity contribution >= 4 is 176 Å². The van der Waals surface area contributed by atoms with E-state index in [9.17, 15) is 0 Å². The second-order valence-corrected chi connectivity index (χ2v) is 41.7. The molecular formula is Ge11O12. The van der Waals surface area contributed by atoms with Crippen molar-refractivity contribution in [2.45, 2.75) is 0 Å². The first-order chi connectivity index (χ1) is 11.1. The molecule has 0 aromatic rings. The monoisotopic (exact) mass is 1010 g/mol. The predicted octanol–water partition coefficient (Wildman–Crippen LogP) is -5.01. The van der Waals surface area contributed by atoms with Crippen LogP contribution in [0.5, 0.6) is 0 Å². The van der Waals surface area contributed by atoms with Crippen LogP contribution >= 0.6 is 0 Å². The van der Waals surface area contributed by atoms with Crippen LogP contribution < -0.4 is 0 Å². The van der Waals surface area contributed by atoms with Crippen LogP contribution in [0.2, 0.25) is 0 Å². The van der Waals surface area contributed by atoms with Crippen molar-refractivity contribution in [1.29, 1.82) is 0 Å². The summed E-state index contributed by atoms with van der Waals surface area (Å²) in [7, 11) is 0. The van der Waals surface area contributed by atoms with E-state index in [0.29, 0.717) is 0 Å². The van der Waals surface area contributed by atoms with Gasteiger partial charge in [0.05, 0.1) is 0 Å². The fraction of sp³-hybridized carbons (Fsp3) is 0. The van der Waals surface area contributed by atoms with Gasteiger partial charge in [-0.15, -0.1) is 0 Å². The average Bonchev–Trinajstić information content (AvgIpc) is 2.53. The van der Waals surface area contributed by atoms with Gasteiger partial charge in [0, 0.05) is 0 Å². The Labute approximate surface area is 205 Å². The summed E-state index contributed by atoms with van der Waals surface area (Å²) >= 11 is -11.8. The zero-order chi connectivity index (χ0) is 16.7. The maximum atomic E-state index is 5.93. The Balaban J connectivity index is 2.17. The quantitative estimate of drug-likeness (QED) is 0.252. The first-order valence-electron chi connectivity index (χ1n) is 4.90. The summed E-state index contributed by atoms with van der Waals surface area (Å²) < 4.78 is 67.0. The van der Waals surface area contributed by atoms with Crippen LogP contribution in [0.25, 0.3) is 0 Å². The molecule has 2 saturated heterocycles. The summed E-state index contributed by atoms with van der Waals surface area (Å²) in [5, 5.41) is 0. The van der Waals surface area contributed by atoms with E-state index in [-0.39, 0.29) is 0 Å². The van der Waals surface area contributed by atoms with E-state index in [1.807, 2.05) is 0 Å². The molecular weight excluding hydrogens is 991 g/mol. The molecule has 20 radical (unpaired) electrons. The Morgan fingerprint density at radius 1 is 0.652 bits per heavy atom. The van der Waals surface area contributed by atoms with Crippen LogP contribution in [0.15, 0.2) is 0 Å². The number of hydrogen-bond acceptors (Lipinski definition) is 12. The summed E-state index contributed by atoms with van der Waals surface area (Å²) in [6.45, 7) is 0. The van der Waals surface area contributed by atoms with Crippen LogP contribution in [-0.2, 0) is 33.5 Å². The van der Waals surface area contributed by atoms with Crippen molar-refractivity contribution in [3.05, 3.63) is 0 Å². The topological polar surface area (TPSA) is 111 Å². The van der Waals surface area contributed by atoms with E-state index < -0.39 is 108 Å². The molecule has 2 aliphatic heterocycles. The zero-order valence-corrected chi connectivity index (χ0v) is 33.5. The van der Waals surface area contributed by atoms with Crippen molar-refractivity contribution in [2.75, 3.05) is 0 Å². The first-order valence-corrected chi connectivity index (χ1v) is 25.5. The molecule has 2 fully saturated rings. The average molecular weight is 991 g/mol. The van der Waals surface area contributed by atoms with Gasteiger partial charge in [-0.05, 0) is 0 Å². The Bertz CT molecular complexity index is 327. The molecule has 2 rings (SSSR count). The maximum absolute atomic E-state index is 5.93. The van der Waals surface area contributed by atoms with Gasteiger partial charge >= 0.3 is 209 Å². The van der Waals surface area contributed by atoms with Crippen molar-refractivity contribution in [3.63, 3.8) is 0 Å². The predicted molar refractivity (Wildman–Crippen MR) is 76.3 cm³/mol. The fourth-order valence-electron chi connectivity index (χ4n) is 0.944. The molecule has 0 N–H and O–H groups in total. The second-order valence-electron chi connectivity index (χ2n) is 2.89. The Kier molecular flexibility index (Phi) is 14.8. The van der Waals surface area contributed by atoms with Gasteiger partial charge in [0.1, 0.15) is 0 Å². The third-order valence-corrected chi connectivity index (χ3v) is 45.0. The fourth-order valence-corrected chi connectivity index (χ4v) is 72.7. The van der Waals surface area contributed by atoms with E-state index >= 15 is 0 Å². The van der Waals surface area contributed by atoms with Gasteiger partial charge in [-0.2, -0.15) is 0 Å². The van der Waals surface area contributed by atoms with Gasteiger partial charge in [0.15, 0.2) is 0 Å². The second kappa shape index (κ2) is 13.7. The zero-order valence-electron chi connectivity index (χ0n) is 10.4. The molecule has 0 bridgehead atoms. The SMILES string of the molecule is [Ge][O][Ge]1[O][Ge][O][Ge]2([O][Ge]([O][Ge])[O][Ge][O][Ge]([O][Ge])[O]2)[O][Ge]([O][Ge])[O]1. The van der Waals surface area contributed by atoms with E-state index in [2.05, 4.69) is 0 Å². The first kappa shape index (κ1) is 24.8. The van der Waals surface area contributed by atoms with Gasteiger partial charge in [0.25, 0.3) is 0 Å². The van der Waals surface area contributed by atoms with Crippen molar-refractivity contribution in [1.82, 2.24) is 0 Å². The molecule has 23 heteroatoms. The minimum atomic E-state index is -4.24. The molecule has 2 heterocycles. The Morgan fingerprint density at radius 3 is 1.65 bits per heavy atom. The minimum absolute atomic E-state index is 1.15. The molecule has 0 amide bonds. The van der Waals surface area contributed by atoms with E-state index in [0.717, 1.165) is 0 Å². The molecule has 12 nitrogen and oxygen atoms in total. The van der Waals surface area contributed by atoms with E-state index in [4.69, 9.17) is 33.5 Å². The standard InChI is InChI=1S/Ge11O12/c1-12-7-18-6-19-11(23-10(15-4)20-7)21-8(13-2)16-5-17-9(14-3)22-11. The number of rotatable bonds is 4. The van der Waals surface area contributed by atoms with Crippen molar-refractivity contribution in [3.8, 4) is 0 Å². The molecule has 0 aromatic heterocycles. The molecule has 0 saturated carbocycles. The Morgan fingerprint density at radius 2 is 1.13 bits per heavy atom. The van der Waals surface area contributed by atoms with Crippen LogP contribution in [0.4, 0.5) is 0 Å². The summed E-state index contributed by atoms with van der Waals surface area (Å²) in [6, 6.07) is 0.